The second kappa shape index (κ2) is 4.67. The van der Waals surface area contributed by atoms with Gasteiger partial charge in [-0.2, -0.15) is 0 Å². The van der Waals surface area contributed by atoms with Crippen molar-refractivity contribution in [3.05, 3.63) is 0 Å². The molecule has 96 valence electrons. The Hall–Kier alpha value is -1.06. The van der Waals surface area contributed by atoms with E-state index in [0.29, 0.717) is 12.0 Å². The molecule has 4 heteroatoms. The van der Waals surface area contributed by atoms with Crippen LogP contribution in [0, 0.1) is 5.92 Å². The van der Waals surface area contributed by atoms with Crippen LogP contribution in [0.2, 0.25) is 0 Å². The van der Waals surface area contributed by atoms with Crippen LogP contribution in [0.3, 0.4) is 0 Å². The van der Waals surface area contributed by atoms with Gasteiger partial charge in [-0.3, -0.25) is 9.59 Å². The first-order chi connectivity index (χ1) is 8.10. The maximum atomic E-state index is 12.3. The van der Waals surface area contributed by atoms with E-state index in [2.05, 4.69) is 12.2 Å². The van der Waals surface area contributed by atoms with Crippen LogP contribution in [0.15, 0.2) is 0 Å². The predicted octanol–water partition coefficient (Wildman–Crippen LogP) is 1.30. The molecule has 1 saturated heterocycles. The minimum absolute atomic E-state index is 0.00445. The van der Waals surface area contributed by atoms with Crippen molar-refractivity contribution in [2.45, 2.75) is 64.6 Å². The van der Waals surface area contributed by atoms with E-state index in [4.69, 9.17) is 0 Å². The first-order valence-electron chi connectivity index (χ1n) is 6.72. The van der Waals surface area contributed by atoms with E-state index in [1.807, 2.05) is 18.7 Å². The highest BCUT2D eigenvalue weighted by Gasteiger charge is 2.49. The van der Waals surface area contributed by atoms with Crippen molar-refractivity contribution in [1.29, 1.82) is 0 Å². The molecule has 1 aliphatic carbocycles. The third kappa shape index (κ3) is 2.17. The molecular formula is C13H22N2O2. The van der Waals surface area contributed by atoms with Crippen molar-refractivity contribution in [3.63, 3.8) is 0 Å². The number of carbonyl (C=O) groups is 2. The van der Waals surface area contributed by atoms with Crippen LogP contribution in [-0.4, -0.2) is 34.8 Å². The number of nitrogens with zero attached hydrogens (tertiary/aromatic N) is 1. The number of rotatable bonds is 4. The van der Waals surface area contributed by atoms with E-state index in [9.17, 15) is 9.59 Å². The van der Waals surface area contributed by atoms with Gasteiger partial charge in [0.05, 0.1) is 0 Å². The van der Waals surface area contributed by atoms with E-state index in [0.717, 1.165) is 25.7 Å². The summed E-state index contributed by atoms with van der Waals surface area (Å²) >= 11 is 0. The Morgan fingerprint density at radius 1 is 1.35 bits per heavy atom. The summed E-state index contributed by atoms with van der Waals surface area (Å²) in [7, 11) is 0. The van der Waals surface area contributed by atoms with Gasteiger partial charge in [0.1, 0.15) is 12.1 Å². The van der Waals surface area contributed by atoms with E-state index < -0.39 is 0 Å². The van der Waals surface area contributed by atoms with Gasteiger partial charge in [0.15, 0.2) is 0 Å². The molecule has 1 heterocycles. The highest BCUT2D eigenvalue weighted by Crippen LogP contribution is 2.40. The van der Waals surface area contributed by atoms with E-state index >= 15 is 0 Å². The molecule has 1 N–H and O–H groups in total. The van der Waals surface area contributed by atoms with Crippen molar-refractivity contribution < 1.29 is 9.59 Å². The Bertz CT molecular complexity index is 329. The fraction of sp³-hybridized carbons (Fsp3) is 0.846. The number of nitrogens with one attached hydrogen (secondary N) is 1. The predicted molar refractivity (Wildman–Crippen MR) is 65.3 cm³/mol. The molecule has 2 fully saturated rings. The zero-order valence-corrected chi connectivity index (χ0v) is 10.9. The van der Waals surface area contributed by atoms with Crippen molar-refractivity contribution in [3.8, 4) is 0 Å². The first kappa shape index (κ1) is 12.4. The summed E-state index contributed by atoms with van der Waals surface area (Å²) in [5.74, 6) is 0.735. The lowest BCUT2D eigenvalue weighted by Crippen LogP contribution is -2.63. The summed E-state index contributed by atoms with van der Waals surface area (Å²) in [6.07, 6.45) is 3.83. The normalized spacial score (nSPS) is 37.0. The SMILES string of the molecule is CCCC1NC(=O)C(C)N(C2CC2CC)C1=O. The smallest absolute Gasteiger partial charge is 0.246 e. The number of hydrogen-bond acceptors (Lipinski definition) is 2. The molecule has 2 rings (SSSR count). The molecule has 4 nitrogen and oxygen atoms in total. The molecule has 2 aliphatic rings. The second-order valence-electron chi connectivity index (χ2n) is 5.24. The number of amides is 2. The van der Waals surface area contributed by atoms with Gasteiger partial charge >= 0.3 is 0 Å². The summed E-state index contributed by atoms with van der Waals surface area (Å²) in [5, 5.41) is 2.83. The highest BCUT2D eigenvalue weighted by atomic mass is 16.2. The van der Waals surface area contributed by atoms with Gasteiger partial charge in [0.25, 0.3) is 0 Å². The van der Waals surface area contributed by atoms with Gasteiger partial charge in [-0.05, 0) is 25.7 Å². The van der Waals surface area contributed by atoms with Crippen LogP contribution in [0.1, 0.15) is 46.5 Å². The summed E-state index contributed by atoms with van der Waals surface area (Å²) in [5.41, 5.74) is 0. The molecule has 4 unspecified atom stereocenters. The third-order valence-electron chi connectivity index (χ3n) is 4.01. The monoisotopic (exact) mass is 238 g/mol. The standard InChI is InChI=1S/C13H22N2O2/c1-4-6-10-13(17)15(8(3)12(16)14-10)11-7-9(11)5-2/h8-11H,4-7H2,1-3H3,(H,14,16). The molecule has 2 amide bonds. The van der Waals surface area contributed by atoms with Crippen LogP contribution in [0.25, 0.3) is 0 Å². The minimum atomic E-state index is -0.294. The van der Waals surface area contributed by atoms with Crippen LogP contribution < -0.4 is 5.32 Å². The highest BCUT2D eigenvalue weighted by molar-refractivity contribution is 5.97. The molecule has 0 spiro atoms. The molecule has 0 radical (unpaired) electrons. The minimum Gasteiger partial charge on any atom is -0.343 e. The summed E-state index contributed by atoms with van der Waals surface area (Å²) < 4.78 is 0. The van der Waals surface area contributed by atoms with Crippen molar-refractivity contribution in [2.75, 3.05) is 0 Å². The lowest BCUT2D eigenvalue weighted by atomic mass is 10.0. The van der Waals surface area contributed by atoms with Gasteiger partial charge in [-0.15, -0.1) is 0 Å². The average Bonchev–Trinajstić information content (AvgIpc) is 3.06. The molecular weight excluding hydrogens is 216 g/mol. The summed E-state index contributed by atoms with van der Waals surface area (Å²) in [6, 6.07) is -0.271. The van der Waals surface area contributed by atoms with Gasteiger partial charge in [0, 0.05) is 6.04 Å². The molecule has 1 aliphatic heterocycles. The Balaban J connectivity index is 2.11. The molecule has 0 bridgehead atoms. The van der Waals surface area contributed by atoms with Crippen molar-refractivity contribution in [1.82, 2.24) is 10.2 Å². The molecule has 0 aromatic rings. The maximum absolute atomic E-state index is 12.3. The quantitative estimate of drug-likeness (QED) is 0.802. The molecule has 0 aromatic carbocycles. The maximum Gasteiger partial charge on any atom is 0.246 e. The molecule has 0 aromatic heterocycles. The Morgan fingerprint density at radius 2 is 2.06 bits per heavy atom. The second-order valence-corrected chi connectivity index (χ2v) is 5.24. The Kier molecular flexibility index (Phi) is 3.40. The first-order valence-corrected chi connectivity index (χ1v) is 6.72. The lowest BCUT2D eigenvalue weighted by molar-refractivity contribution is -0.149. The number of piperazine rings is 1. The molecule has 17 heavy (non-hydrogen) atoms. The fourth-order valence-electron chi connectivity index (χ4n) is 2.80. The molecule has 4 atom stereocenters. The summed E-state index contributed by atoms with van der Waals surface area (Å²) in [6.45, 7) is 6.02. The third-order valence-corrected chi connectivity index (χ3v) is 4.01. The van der Waals surface area contributed by atoms with Gasteiger partial charge in [-0.25, -0.2) is 0 Å². The summed E-state index contributed by atoms with van der Waals surface area (Å²) in [4.78, 5) is 26.0. The van der Waals surface area contributed by atoms with Crippen LogP contribution in [0.4, 0.5) is 0 Å². The number of carbonyl (C=O) groups excluding carboxylic acids is 2. The zero-order valence-electron chi connectivity index (χ0n) is 10.9. The van der Waals surface area contributed by atoms with Crippen LogP contribution in [-0.2, 0) is 9.59 Å². The van der Waals surface area contributed by atoms with E-state index in [1.54, 1.807) is 0 Å². The Morgan fingerprint density at radius 3 is 2.59 bits per heavy atom. The van der Waals surface area contributed by atoms with Crippen molar-refractivity contribution >= 4 is 11.8 Å². The number of hydrogen-bond donors (Lipinski definition) is 1. The van der Waals surface area contributed by atoms with Gasteiger partial charge in [-0.1, -0.05) is 26.7 Å². The average molecular weight is 238 g/mol. The largest absolute Gasteiger partial charge is 0.343 e. The van der Waals surface area contributed by atoms with E-state index in [1.165, 1.54) is 0 Å². The molecule has 1 saturated carbocycles. The fourth-order valence-corrected chi connectivity index (χ4v) is 2.80. The van der Waals surface area contributed by atoms with Crippen molar-refractivity contribution in [2.24, 2.45) is 5.92 Å². The topological polar surface area (TPSA) is 49.4 Å². The van der Waals surface area contributed by atoms with Crippen LogP contribution in [0.5, 0.6) is 0 Å². The zero-order chi connectivity index (χ0) is 12.6. The lowest BCUT2D eigenvalue weighted by Gasteiger charge is -2.38. The van der Waals surface area contributed by atoms with Gasteiger partial charge in [0.2, 0.25) is 11.8 Å². The van der Waals surface area contributed by atoms with Crippen LogP contribution >= 0.6 is 0 Å². The van der Waals surface area contributed by atoms with E-state index in [-0.39, 0.29) is 23.9 Å². The Labute approximate surface area is 103 Å². The van der Waals surface area contributed by atoms with Gasteiger partial charge < -0.3 is 10.2 Å².